The van der Waals surface area contributed by atoms with Crippen LogP contribution in [0.3, 0.4) is 0 Å². The summed E-state index contributed by atoms with van der Waals surface area (Å²) >= 11 is 0. The first-order chi connectivity index (χ1) is 33.1. The summed E-state index contributed by atoms with van der Waals surface area (Å²) in [6, 6.07) is -0.925. The number of amides is 1. The van der Waals surface area contributed by atoms with Crippen LogP contribution in [0.1, 0.15) is 232 Å². The van der Waals surface area contributed by atoms with E-state index < -0.39 is 86.8 Å². The Hall–Kier alpha value is -1.27. The van der Waals surface area contributed by atoms with Gasteiger partial charge in [0, 0.05) is 6.42 Å². The Morgan fingerprint density at radius 3 is 1.35 bits per heavy atom. The van der Waals surface area contributed by atoms with E-state index in [-0.39, 0.29) is 18.9 Å². The van der Waals surface area contributed by atoms with E-state index >= 15 is 0 Å². The fraction of sp³-hybridized carbons (Fsp3) is 0.944. The first-order valence-corrected chi connectivity index (χ1v) is 27.9. The van der Waals surface area contributed by atoms with Crippen molar-refractivity contribution in [1.29, 1.82) is 0 Å². The van der Waals surface area contributed by atoms with Gasteiger partial charge in [-0.1, -0.05) is 219 Å². The van der Waals surface area contributed by atoms with Crippen LogP contribution in [0.2, 0.25) is 0 Å². The summed E-state index contributed by atoms with van der Waals surface area (Å²) in [5, 5.41) is 87.1. The SMILES string of the molecule is CCCCCCCCCCCCC/C=C/C(O)C(CO[C@H]1O[C@H](CO)[C@H](O)[C@H](O[C@H]2O[C@H](CO)[C@H](O)[C@H](O)[C@H]2O)[C@H]1O)NC(=O)CCCCCCCCCCCCCCCCCCCCCCC. The number of allylic oxidation sites excluding steroid dienone is 1. The summed E-state index contributed by atoms with van der Waals surface area (Å²) < 4.78 is 22.8. The van der Waals surface area contributed by atoms with Crippen molar-refractivity contribution in [3.05, 3.63) is 12.2 Å². The zero-order valence-corrected chi connectivity index (χ0v) is 42.9. The molecule has 2 aliphatic heterocycles. The van der Waals surface area contributed by atoms with Crippen molar-refractivity contribution in [2.75, 3.05) is 19.8 Å². The highest BCUT2D eigenvalue weighted by atomic mass is 16.7. The number of hydrogen-bond donors (Lipinski definition) is 9. The number of hydrogen-bond acceptors (Lipinski definition) is 13. The van der Waals surface area contributed by atoms with Gasteiger partial charge in [-0.15, -0.1) is 0 Å². The van der Waals surface area contributed by atoms with E-state index in [9.17, 15) is 45.6 Å². The number of aliphatic hydroxyl groups is 8. The van der Waals surface area contributed by atoms with E-state index in [1.54, 1.807) is 6.08 Å². The third kappa shape index (κ3) is 27.5. The smallest absolute Gasteiger partial charge is 0.220 e. The minimum absolute atomic E-state index is 0.244. The first kappa shape index (κ1) is 62.8. The van der Waals surface area contributed by atoms with E-state index in [1.165, 1.54) is 167 Å². The summed E-state index contributed by atoms with van der Waals surface area (Å²) in [7, 11) is 0. The van der Waals surface area contributed by atoms with Gasteiger partial charge >= 0.3 is 0 Å². The summed E-state index contributed by atoms with van der Waals surface area (Å²) in [5.41, 5.74) is 0. The van der Waals surface area contributed by atoms with Crippen molar-refractivity contribution in [2.24, 2.45) is 0 Å². The minimum Gasteiger partial charge on any atom is -0.394 e. The molecular weight excluding hydrogens is 871 g/mol. The summed E-state index contributed by atoms with van der Waals surface area (Å²) in [6.45, 7) is 2.79. The molecule has 68 heavy (non-hydrogen) atoms. The molecule has 2 fully saturated rings. The molecule has 0 aromatic carbocycles. The Morgan fingerprint density at radius 1 is 0.515 bits per heavy atom. The molecule has 0 saturated carbocycles. The molecule has 2 unspecified atom stereocenters. The number of ether oxygens (including phenoxy) is 4. The van der Waals surface area contributed by atoms with Crippen LogP contribution in [0.15, 0.2) is 12.2 Å². The Labute approximate surface area is 412 Å². The van der Waals surface area contributed by atoms with E-state index in [4.69, 9.17) is 18.9 Å². The molecule has 0 radical (unpaired) electrons. The van der Waals surface area contributed by atoms with Crippen LogP contribution in [-0.4, -0.2) is 140 Å². The van der Waals surface area contributed by atoms with Crippen molar-refractivity contribution in [1.82, 2.24) is 5.32 Å². The Balaban J connectivity index is 1.80. The number of carbonyl (C=O) groups excluding carboxylic acids is 1. The molecule has 9 N–H and O–H groups in total. The maximum atomic E-state index is 13.2. The Morgan fingerprint density at radius 2 is 0.912 bits per heavy atom. The van der Waals surface area contributed by atoms with Crippen LogP contribution in [0.25, 0.3) is 0 Å². The van der Waals surface area contributed by atoms with Gasteiger partial charge in [-0.2, -0.15) is 0 Å². The van der Waals surface area contributed by atoms with Gasteiger partial charge < -0.3 is 65.1 Å². The number of rotatable bonds is 44. The molecular formula is C54H103NO13. The zero-order chi connectivity index (χ0) is 49.6. The van der Waals surface area contributed by atoms with Gasteiger partial charge in [0.25, 0.3) is 0 Å². The third-order valence-corrected chi connectivity index (χ3v) is 14.0. The summed E-state index contributed by atoms with van der Waals surface area (Å²) in [4.78, 5) is 13.2. The topological polar surface area (TPSA) is 228 Å². The Kier molecular flexibility index (Phi) is 38.1. The largest absolute Gasteiger partial charge is 0.394 e. The van der Waals surface area contributed by atoms with Gasteiger partial charge in [-0.3, -0.25) is 4.79 Å². The third-order valence-electron chi connectivity index (χ3n) is 14.0. The highest BCUT2D eigenvalue weighted by molar-refractivity contribution is 5.76. The van der Waals surface area contributed by atoms with Gasteiger partial charge in [0.05, 0.1) is 32.0 Å². The quantitative estimate of drug-likeness (QED) is 0.0207. The molecule has 1 amide bonds. The van der Waals surface area contributed by atoms with Crippen molar-refractivity contribution in [2.45, 2.75) is 306 Å². The van der Waals surface area contributed by atoms with E-state index in [0.717, 1.165) is 38.5 Å². The molecule has 14 heteroatoms. The number of unbranched alkanes of at least 4 members (excludes halogenated alkanes) is 31. The molecule has 0 aromatic rings. The summed E-state index contributed by atoms with van der Waals surface area (Å²) in [5.74, 6) is -0.244. The highest BCUT2D eigenvalue weighted by Crippen LogP contribution is 2.30. The van der Waals surface area contributed by atoms with Crippen LogP contribution >= 0.6 is 0 Å². The second-order valence-electron chi connectivity index (χ2n) is 20.1. The van der Waals surface area contributed by atoms with Gasteiger partial charge in [0.15, 0.2) is 12.6 Å². The molecule has 2 aliphatic rings. The maximum absolute atomic E-state index is 13.2. The van der Waals surface area contributed by atoms with Gasteiger partial charge in [-0.25, -0.2) is 0 Å². The molecule has 2 heterocycles. The van der Waals surface area contributed by atoms with Crippen LogP contribution in [0.5, 0.6) is 0 Å². The monoisotopic (exact) mass is 974 g/mol. The normalized spacial score (nSPS) is 26.4. The standard InChI is InChI=1S/C54H103NO13/c1-3-5-7-9-11-13-15-17-18-19-20-21-22-23-24-26-28-30-32-34-36-38-46(59)55-42(43(58)37-35-33-31-29-27-25-16-14-12-10-8-6-4-2)41-65-53-51(64)52(48(61)45(40-57)66-53)68-54-50(63)49(62)47(60)44(39-56)67-54/h35,37,42-45,47-54,56-58,60-64H,3-34,36,38-41H2,1-2H3,(H,55,59)/b37-35+/t42?,43?,44-,45-,47+,48+,49+,50-,51-,52+,53+,54-/m1/s1. The highest BCUT2D eigenvalue weighted by Gasteiger charge is 2.51. The van der Waals surface area contributed by atoms with E-state index in [0.29, 0.717) is 6.42 Å². The molecule has 14 nitrogen and oxygen atoms in total. The molecule has 2 rings (SSSR count). The van der Waals surface area contributed by atoms with Crippen LogP contribution in [0.4, 0.5) is 0 Å². The van der Waals surface area contributed by atoms with Gasteiger partial charge in [0.1, 0.15) is 48.8 Å². The van der Waals surface area contributed by atoms with E-state index in [1.807, 2.05) is 6.08 Å². The second kappa shape index (κ2) is 41.2. The van der Waals surface area contributed by atoms with Crippen molar-refractivity contribution < 1.29 is 64.6 Å². The molecule has 0 aliphatic carbocycles. The van der Waals surface area contributed by atoms with Gasteiger partial charge in [0.2, 0.25) is 5.91 Å². The van der Waals surface area contributed by atoms with Crippen LogP contribution in [-0.2, 0) is 23.7 Å². The molecule has 0 spiro atoms. The van der Waals surface area contributed by atoms with Crippen LogP contribution < -0.4 is 5.32 Å². The predicted molar refractivity (Wildman–Crippen MR) is 268 cm³/mol. The minimum atomic E-state index is -1.81. The lowest BCUT2D eigenvalue weighted by Gasteiger charge is -2.46. The second-order valence-corrected chi connectivity index (χ2v) is 20.1. The fourth-order valence-corrected chi connectivity index (χ4v) is 9.40. The lowest BCUT2D eigenvalue weighted by atomic mass is 9.97. The van der Waals surface area contributed by atoms with Crippen molar-refractivity contribution in [3.63, 3.8) is 0 Å². The lowest BCUT2D eigenvalue weighted by Crippen LogP contribution is -2.65. The average molecular weight is 974 g/mol. The maximum Gasteiger partial charge on any atom is 0.220 e. The van der Waals surface area contributed by atoms with Gasteiger partial charge in [-0.05, 0) is 19.3 Å². The first-order valence-electron chi connectivity index (χ1n) is 27.9. The van der Waals surface area contributed by atoms with Crippen molar-refractivity contribution >= 4 is 5.91 Å². The molecule has 402 valence electrons. The van der Waals surface area contributed by atoms with Crippen molar-refractivity contribution in [3.8, 4) is 0 Å². The predicted octanol–water partition coefficient (Wildman–Crippen LogP) is 8.33. The number of aliphatic hydroxyl groups excluding tert-OH is 8. The molecule has 12 atom stereocenters. The average Bonchev–Trinajstić information content (AvgIpc) is 3.33. The van der Waals surface area contributed by atoms with Crippen LogP contribution in [0, 0.1) is 0 Å². The molecule has 0 aromatic heterocycles. The fourth-order valence-electron chi connectivity index (χ4n) is 9.40. The molecule has 2 saturated heterocycles. The van der Waals surface area contributed by atoms with E-state index in [2.05, 4.69) is 19.2 Å². The zero-order valence-electron chi connectivity index (χ0n) is 42.9. The summed E-state index contributed by atoms with van der Waals surface area (Å²) in [6.07, 6.45) is 28.0. The molecule has 0 bridgehead atoms. The number of nitrogens with one attached hydrogen (secondary N) is 1. The Bertz CT molecular complexity index is 1200. The number of carbonyl (C=O) groups is 1. The lowest BCUT2D eigenvalue weighted by molar-refractivity contribution is -0.360.